The second-order valence-corrected chi connectivity index (χ2v) is 6.43. The average molecular weight is 349 g/mol. The Balaban J connectivity index is 2.07. The zero-order valence-electron chi connectivity index (χ0n) is 13.2. The molecule has 0 radical (unpaired) electrons. The van der Waals surface area contributed by atoms with E-state index < -0.39 is 10.0 Å². The molecule has 0 aliphatic carbocycles. The quantitative estimate of drug-likeness (QED) is 0.737. The van der Waals surface area contributed by atoms with Gasteiger partial charge in [-0.3, -0.25) is 4.68 Å². The van der Waals surface area contributed by atoms with E-state index in [2.05, 4.69) is 19.8 Å². The molecule has 0 spiro atoms. The number of rotatable bonds is 5. The number of methoxy groups -OCH3 is 2. The Bertz CT molecular complexity index is 977. The van der Waals surface area contributed by atoms with Crippen molar-refractivity contribution in [3.05, 3.63) is 30.3 Å². The van der Waals surface area contributed by atoms with Crippen LogP contribution in [0, 0.1) is 0 Å². The Morgan fingerprint density at radius 1 is 1.08 bits per heavy atom. The molecule has 0 bridgehead atoms. The summed E-state index contributed by atoms with van der Waals surface area (Å²) >= 11 is 0. The predicted octanol–water partition coefficient (Wildman–Crippen LogP) is 1.18. The number of sulfonamides is 1. The lowest BCUT2D eigenvalue weighted by Gasteiger charge is -2.09. The summed E-state index contributed by atoms with van der Waals surface area (Å²) in [5, 5.41) is 4.72. The number of anilines is 1. The summed E-state index contributed by atoms with van der Waals surface area (Å²) in [7, 11) is 0.417. The first-order chi connectivity index (χ1) is 11.4. The fraction of sp³-hybridized carbons (Fsp3) is 0.214. The van der Waals surface area contributed by atoms with E-state index >= 15 is 0 Å². The van der Waals surface area contributed by atoms with Crippen LogP contribution in [0.25, 0.3) is 10.9 Å². The maximum absolute atomic E-state index is 12.8. The zero-order valence-corrected chi connectivity index (χ0v) is 14.0. The molecule has 0 atom stereocenters. The van der Waals surface area contributed by atoms with Gasteiger partial charge in [-0.05, 0) is 12.1 Å². The Hall–Kier alpha value is -2.88. The van der Waals surface area contributed by atoms with Gasteiger partial charge >= 0.3 is 0 Å². The summed E-state index contributed by atoms with van der Waals surface area (Å²) in [6.07, 6.45) is 0. The summed E-state index contributed by atoms with van der Waals surface area (Å²) < 4.78 is 39.2. The topological polar surface area (TPSA) is 108 Å². The molecule has 0 unspecified atom stereocenters. The van der Waals surface area contributed by atoms with Gasteiger partial charge in [0, 0.05) is 12.4 Å². The van der Waals surface area contributed by atoms with Crippen molar-refractivity contribution in [2.75, 3.05) is 18.9 Å². The molecule has 126 valence electrons. The smallest absolute Gasteiger partial charge is 0.282 e. The highest BCUT2D eigenvalue weighted by molar-refractivity contribution is 7.92. The van der Waals surface area contributed by atoms with E-state index in [9.17, 15) is 8.42 Å². The Kier molecular flexibility index (Phi) is 3.97. The normalized spacial score (nSPS) is 11.5. The Morgan fingerprint density at radius 3 is 2.33 bits per heavy atom. The molecule has 2 aromatic heterocycles. The number of fused-ring (bicyclic) bond motifs is 1. The van der Waals surface area contributed by atoms with Crippen molar-refractivity contribution in [3.8, 4) is 11.8 Å². The van der Waals surface area contributed by atoms with Crippen molar-refractivity contribution >= 4 is 26.9 Å². The SMILES string of the molecule is COc1cc(OC)nc(NS(=O)(=O)c2c3ccccc3nn2C)n1. The monoisotopic (exact) mass is 349 g/mol. The molecule has 0 aliphatic heterocycles. The fourth-order valence-electron chi connectivity index (χ4n) is 2.27. The molecular formula is C14H15N5O4S. The molecule has 1 N–H and O–H groups in total. The lowest BCUT2D eigenvalue weighted by Crippen LogP contribution is -2.18. The van der Waals surface area contributed by atoms with Crippen molar-refractivity contribution in [2.45, 2.75) is 5.03 Å². The standard InChI is InChI=1S/C14H15N5O4S/c1-19-13(9-6-4-5-7-10(9)17-19)24(20,21)18-14-15-11(22-2)8-12(16-14)23-3/h4-8H,1-3H3,(H,15,16,18). The second-order valence-electron chi connectivity index (χ2n) is 4.83. The van der Waals surface area contributed by atoms with Crippen molar-refractivity contribution in [3.63, 3.8) is 0 Å². The predicted molar refractivity (Wildman–Crippen MR) is 86.7 cm³/mol. The van der Waals surface area contributed by atoms with E-state index in [0.717, 1.165) is 0 Å². The van der Waals surface area contributed by atoms with Gasteiger partial charge in [0.15, 0.2) is 5.03 Å². The molecule has 0 amide bonds. The van der Waals surface area contributed by atoms with Crippen LogP contribution in [0.5, 0.6) is 11.8 Å². The van der Waals surface area contributed by atoms with Crippen LogP contribution >= 0.6 is 0 Å². The molecule has 1 aromatic carbocycles. The van der Waals surface area contributed by atoms with Gasteiger partial charge < -0.3 is 9.47 Å². The van der Waals surface area contributed by atoms with Gasteiger partial charge in [0.05, 0.1) is 25.8 Å². The molecule has 3 aromatic rings. The first-order valence-electron chi connectivity index (χ1n) is 6.86. The highest BCUT2D eigenvalue weighted by atomic mass is 32.2. The third kappa shape index (κ3) is 2.83. The number of benzene rings is 1. The summed E-state index contributed by atoms with van der Waals surface area (Å²) in [5.41, 5.74) is 0.574. The molecular weight excluding hydrogens is 334 g/mol. The van der Waals surface area contributed by atoms with Gasteiger partial charge in [0.2, 0.25) is 17.7 Å². The lowest BCUT2D eigenvalue weighted by atomic mass is 10.3. The van der Waals surface area contributed by atoms with E-state index in [-0.39, 0.29) is 22.7 Å². The maximum Gasteiger partial charge on any atom is 0.282 e. The van der Waals surface area contributed by atoms with Crippen LogP contribution in [0.3, 0.4) is 0 Å². The molecule has 10 heteroatoms. The number of hydrogen-bond acceptors (Lipinski definition) is 7. The molecule has 0 saturated carbocycles. The molecule has 2 heterocycles. The van der Waals surface area contributed by atoms with Crippen LogP contribution in [-0.4, -0.2) is 42.4 Å². The van der Waals surface area contributed by atoms with Crippen LogP contribution in [0.4, 0.5) is 5.95 Å². The van der Waals surface area contributed by atoms with Crippen molar-refractivity contribution in [2.24, 2.45) is 7.05 Å². The third-order valence-corrected chi connectivity index (χ3v) is 4.71. The van der Waals surface area contributed by atoms with E-state index in [1.54, 1.807) is 31.3 Å². The summed E-state index contributed by atoms with van der Waals surface area (Å²) in [6, 6.07) is 8.39. The van der Waals surface area contributed by atoms with Gasteiger partial charge in [0.25, 0.3) is 10.0 Å². The van der Waals surface area contributed by atoms with E-state index in [4.69, 9.17) is 9.47 Å². The van der Waals surface area contributed by atoms with Gasteiger partial charge in [-0.1, -0.05) is 12.1 Å². The van der Waals surface area contributed by atoms with E-state index in [1.807, 2.05) is 0 Å². The average Bonchev–Trinajstić information content (AvgIpc) is 2.90. The molecule has 0 fully saturated rings. The number of aryl methyl sites for hydroxylation is 1. The largest absolute Gasteiger partial charge is 0.481 e. The second kappa shape index (κ2) is 5.96. The minimum Gasteiger partial charge on any atom is -0.481 e. The van der Waals surface area contributed by atoms with Crippen LogP contribution in [0.1, 0.15) is 0 Å². The minimum atomic E-state index is -3.96. The molecule has 3 rings (SSSR count). The number of aromatic nitrogens is 4. The van der Waals surface area contributed by atoms with Crippen molar-refractivity contribution in [1.29, 1.82) is 0 Å². The van der Waals surface area contributed by atoms with Crippen molar-refractivity contribution in [1.82, 2.24) is 19.7 Å². The van der Waals surface area contributed by atoms with E-state index in [0.29, 0.717) is 10.9 Å². The maximum atomic E-state index is 12.8. The lowest BCUT2D eigenvalue weighted by molar-refractivity contribution is 0.373. The Labute approximate surface area is 138 Å². The first kappa shape index (κ1) is 16.0. The summed E-state index contributed by atoms with van der Waals surface area (Å²) in [6.45, 7) is 0. The molecule has 9 nitrogen and oxygen atoms in total. The van der Waals surface area contributed by atoms with Gasteiger partial charge in [0.1, 0.15) is 0 Å². The summed E-state index contributed by atoms with van der Waals surface area (Å²) in [4.78, 5) is 7.94. The van der Waals surface area contributed by atoms with Gasteiger partial charge in [-0.15, -0.1) is 0 Å². The van der Waals surface area contributed by atoms with Crippen LogP contribution in [0.15, 0.2) is 35.4 Å². The highest BCUT2D eigenvalue weighted by Crippen LogP contribution is 2.25. The minimum absolute atomic E-state index is 0.0171. The first-order valence-corrected chi connectivity index (χ1v) is 8.34. The summed E-state index contributed by atoms with van der Waals surface area (Å²) in [5.74, 6) is 0.195. The Morgan fingerprint density at radius 2 is 1.71 bits per heavy atom. The van der Waals surface area contributed by atoms with Gasteiger partial charge in [-0.2, -0.15) is 23.5 Å². The highest BCUT2D eigenvalue weighted by Gasteiger charge is 2.24. The third-order valence-electron chi connectivity index (χ3n) is 3.26. The van der Waals surface area contributed by atoms with Crippen LogP contribution < -0.4 is 14.2 Å². The number of nitrogens with zero attached hydrogens (tertiary/aromatic N) is 4. The number of nitrogens with one attached hydrogen (secondary N) is 1. The van der Waals surface area contributed by atoms with Gasteiger partial charge in [-0.25, -0.2) is 4.72 Å². The number of ether oxygens (including phenoxy) is 2. The zero-order chi connectivity index (χ0) is 17.3. The van der Waals surface area contributed by atoms with E-state index in [1.165, 1.54) is 25.0 Å². The van der Waals surface area contributed by atoms with Crippen LogP contribution in [0.2, 0.25) is 0 Å². The van der Waals surface area contributed by atoms with Crippen LogP contribution in [-0.2, 0) is 17.1 Å². The molecule has 0 aliphatic rings. The molecule has 0 saturated heterocycles. The number of hydrogen-bond donors (Lipinski definition) is 1. The van der Waals surface area contributed by atoms with Crippen molar-refractivity contribution < 1.29 is 17.9 Å². The molecule has 24 heavy (non-hydrogen) atoms. The fourth-order valence-corrected chi connectivity index (χ4v) is 3.55.